The molecule has 0 spiro atoms. The summed E-state index contributed by atoms with van der Waals surface area (Å²) < 4.78 is 11.1. The highest BCUT2D eigenvalue weighted by atomic mass is 35.5. The Balaban J connectivity index is 1.69. The van der Waals surface area contributed by atoms with Gasteiger partial charge in [-0.25, -0.2) is 0 Å². The Bertz CT molecular complexity index is 1040. The van der Waals surface area contributed by atoms with Crippen LogP contribution in [0, 0.1) is 11.3 Å². The minimum absolute atomic E-state index is 0.0103. The van der Waals surface area contributed by atoms with Crippen LogP contribution in [0.5, 0.6) is 5.75 Å². The molecule has 6 heteroatoms. The highest BCUT2D eigenvalue weighted by molar-refractivity contribution is 6.21. The minimum atomic E-state index is -0.0103. The van der Waals surface area contributed by atoms with Crippen LogP contribution < -0.4 is 4.74 Å². The maximum atomic E-state index is 9.41. The molecular weight excluding hydrogens is 362 g/mol. The first-order valence-electron chi connectivity index (χ1n) is 8.88. The van der Waals surface area contributed by atoms with Crippen molar-refractivity contribution in [3.05, 3.63) is 53.1 Å². The molecule has 1 aliphatic rings. The molecule has 0 saturated heterocycles. The average molecular weight is 380 g/mol. The third-order valence-electron chi connectivity index (χ3n) is 4.57. The van der Waals surface area contributed by atoms with Crippen LogP contribution in [-0.2, 0) is 6.42 Å². The summed E-state index contributed by atoms with van der Waals surface area (Å²) in [7, 11) is 0. The lowest BCUT2D eigenvalue weighted by atomic mass is 10.0. The van der Waals surface area contributed by atoms with Crippen molar-refractivity contribution in [3.8, 4) is 34.7 Å². The molecular formula is C21H18ClN3O2. The van der Waals surface area contributed by atoms with E-state index in [0.29, 0.717) is 28.6 Å². The molecule has 1 atom stereocenters. The first-order valence-corrected chi connectivity index (χ1v) is 9.31. The standard InChI is InChI=1S/C21H18ClN3O2/c1-12(2)26-19-9-6-13(10-14(19)11-23)21-24-20(25-27-21)17-5-3-4-16-15(17)7-8-18(16)22/h3-6,9-10,12,18H,7-8H2,1-2H3. The number of alkyl halides is 1. The van der Waals surface area contributed by atoms with Crippen molar-refractivity contribution in [1.82, 2.24) is 10.1 Å². The van der Waals surface area contributed by atoms with E-state index in [2.05, 4.69) is 22.3 Å². The monoisotopic (exact) mass is 379 g/mol. The van der Waals surface area contributed by atoms with Gasteiger partial charge in [-0.1, -0.05) is 23.4 Å². The lowest BCUT2D eigenvalue weighted by Gasteiger charge is -2.11. The van der Waals surface area contributed by atoms with Gasteiger partial charge in [-0.3, -0.25) is 0 Å². The van der Waals surface area contributed by atoms with Crippen LogP contribution in [-0.4, -0.2) is 16.2 Å². The summed E-state index contributed by atoms with van der Waals surface area (Å²) in [6, 6.07) is 13.5. The number of fused-ring (bicyclic) bond motifs is 1. The third-order valence-corrected chi connectivity index (χ3v) is 5.03. The van der Waals surface area contributed by atoms with Crippen LogP contribution in [0.1, 0.15) is 42.3 Å². The van der Waals surface area contributed by atoms with Crippen LogP contribution in [0.2, 0.25) is 0 Å². The molecule has 0 aliphatic heterocycles. The number of rotatable bonds is 4. The molecule has 0 amide bonds. The zero-order valence-electron chi connectivity index (χ0n) is 15.1. The van der Waals surface area contributed by atoms with Crippen molar-refractivity contribution < 1.29 is 9.26 Å². The summed E-state index contributed by atoms with van der Waals surface area (Å²) in [5, 5.41) is 13.6. The van der Waals surface area contributed by atoms with Crippen LogP contribution in [0.25, 0.3) is 22.8 Å². The summed E-state index contributed by atoms with van der Waals surface area (Å²) in [6.45, 7) is 3.84. The predicted octanol–water partition coefficient (Wildman–Crippen LogP) is 5.29. The van der Waals surface area contributed by atoms with Gasteiger partial charge in [-0.15, -0.1) is 11.6 Å². The zero-order chi connectivity index (χ0) is 19.0. The topological polar surface area (TPSA) is 71.9 Å². The fraction of sp³-hybridized carbons (Fsp3) is 0.286. The maximum Gasteiger partial charge on any atom is 0.258 e. The average Bonchev–Trinajstić information content (AvgIpc) is 3.29. The van der Waals surface area contributed by atoms with Gasteiger partial charge < -0.3 is 9.26 Å². The molecule has 136 valence electrons. The van der Waals surface area contributed by atoms with Gasteiger partial charge in [-0.05, 0) is 56.0 Å². The van der Waals surface area contributed by atoms with Gasteiger partial charge in [0.2, 0.25) is 5.82 Å². The highest BCUT2D eigenvalue weighted by Crippen LogP contribution is 2.40. The molecule has 0 saturated carbocycles. The second-order valence-electron chi connectivity index (χ2n) is 6.79. The van der Waals surface area contributed by atoms with E-state index in [4.69, 9.17) is 20.9 Å². The molecule has 2 aromatic carbocycles. The minimum Gasteiger partial charge on any atom is -0.490 e. The number of nitriles is 1. The second kappa shape index (κ2) is 7.05. The summed E-state index contributed by atoms with van der Waals surface area (Å²) >= 11 is 6.38. The van der Waals surface area contributed by atoms with E-state index in [-0.39, 0.29) is 11.5 Å². The number of aromatic nitrogens is 2. The van der Waals surface area contributed by atoms with Gasteiger partial charge in [0.05, 0.1) is 17.0 Å². The number of nitrogens with zero attached hydrogens (tertiary/aromatic N) is 3. The molecule has 4 rings (SSSR count). The molecule has 0 bridgehead atoms. The summed E-state index contributed by atoms with van der Waals surface area (Å²) in [4.78, 5) is 4.55. The molecule has 27 heavy (non-hydrogen) atoms. The van der Waals surface area contributed by atoms with Crippen molar-refractivity contribution in [2.45, 2.75) is 38.2 Å². The summed E-state index contributed by atoms with van der Waals surface area (Å²) in [5.74, 6) is 1.45. The van der Waals surface area contributed by atoms with E-state index in [1.54, 1.807) is 12.1 Å². The maximum absolute atomic E-state index is 9.41. The van der Waals surface area contributed by atoms with Gasteiger partial charge in [0.1, 0.15) is 11.8 Å². The van der Waals surface area contributed by atoms with E-state index in [0.717, 1.165) is 24.0 Å². The van der Waals surface area contributed by atoms with E-state index in [1.807, 2.05) is 32.0 Å². The smallest absolute Gasteiger partial charge is 0.258 e. The summed E-state index contributed by atoms with van der Waals surface area (Å²) in [6.07, 6.45) is 1.81. The molecule has 1 aliphatic carbocycles. The molecule has 1 aromatic heterocycles. The first kappa shape index (κ1) is 17.6. The molecule has 0 N–H and O–H groups in total. The lowest BCUT2D eigenvalue weighted by Crippen LogP contribution is -2.06. The van der Waals surface area contributed by atoms with Crippen LogP contribution in [0.4, 0.5) is 0 Å². The molecule has 0 fully saturated rings. The second-order valence-corrected chi connectivity index (χ2v) is 7.32. The summed E-state index contributed by atoms with van der Waals surface area (Å²) in [5.41, 5.74) is 4.40. The van der Waals surface area contributed by atoms with Gasteiger partial charge in [0, 0.05) is 11.1 Å². The van der Waals surface area contributed by atoms with Gasteiger partial charge in [0.25, 0.3) is 5.89 Å². The molecule has 1 unspecified atom stereocenters. The van der Waals surface area contributed by atoms with Crippen molar-refractivity contribution in [2.75, 3.05) is 0 Å². The Labute approximate surface area is 162 Å². The normalized spacial score (nSPS) is 15.6. The number of ether oxygens (including phenoxy) is 1. The van der Waals surface area contributed by atoms with Gasteiger partial charge in [-0.2, -0.15) is 10.2 Å². The number of benzene rings is 2. The Morgan fingerprint density at radius 2 is 2.15 bits per heavy atom. The highest BCUT2D eigenvalue weighted by Gasteiger charge is 2.25. The van der Waals surface area contributed by atoms with Crippen molar-refractivity contribution >= 4 is 11.6 Å². The lowest BCUT2D eigenvalue weighted by molar-refractivity contribution is 0.242. The Hall–Kier alpha value is -2.84. The number of halogens is 1. The molecule has 5 nitrogen and oxygen atoms in total. The Morgan fingerprint density at radius 1 is 1.30 bits per heavy atom. The first-order chi connectivity index (χ1) is 13.1. The van der Waals surface area contributed by atoms with Crippen LogP contribution >= 0.6 is 11.6 Å². The largest absolute Gasteiger partial charge is 0.490 e. The van der Waals surface area contributed by atoms with Crippen molar-refractivity contribution in [3.63, 3.8) is 0 Å². The van der Waals surface area contributed by atoms with E-state index < -0.39 is 0 Å². The molecule has 1 heterocycles. The van der Waals surface area contributed by atoms with Gasteiger partial charge >= 0.3 is 0 Å². The van der Waals surface area contributed by atoms with Crippen LogP contribution in [0.3, 0.4) is 0 Å². The quantitative estimate of drug-likeness (QED) is 0.576. The van der Waals surface area contributed by atoms with E-state index in [9.17, 15) is 5.26 Å². The SMILES string of the molecule is CC(C)Oc1ccc(-c2nc(-c3cccc4c3CCC4Cl)no2)cc1C#N. The third kappa shape index (κ3) is 3.29. The fourth-order valence-electron chi connectivity index (χ4n) is 3.37. The van der Waals surface area contributed by atoms with Crippen LogP contribution in [0.15, 0.2) is 40.9 Å². The van der Waals surface area contributed by atoms with E-state index >= 15 is 0 Å². The van der Waals surface area contributed by atoms with E-state index in [1.165, 1.54) is 5.56 Å². The Morgan fingerprint density at radius 3 is 2.93 bits per heavy atom. The fourth-order valence-corrected chi connectivity index (χ4v) is 3.68. The molecule has 0 radical (unpaired) electrons. The van der Waals surface area contributed by atoms with Gasteiger partial charge in [0.15, 0.2) is 0 Å². The number of hydrogen-bond acceptors (Lipinski definition) is 5. The zero-order valence-corrected chi connectivity index (χ0v) is 15.8. The van der Waals surface area contributed by atoms with Crippen molar-refractivity contribution in [2.24, 2.45) is 0 Å². The van der Waals surface area contributed by atoms with Crippen molar-refractivity contribution in [1.29, 1.82) is 5.26 Å². The molecule has 3 aromatic rings. The number of hydrogen-bond donors (Lipinski definition) is 0. The Kier molecular flexibility index (Phi) is 4.59. The predicted molar refractivity (Wildman–Crippen MR) is 103 cm³/mol.